The monoisotopic (exact) mass is 321 g/mol. The summed E-state index contributed by atoms with van der Waals surface area (Å²) >= 11 is 0. The second-order valence-corrected chi connectivity index (χ2v) is 5.43. The van der Waals surface area contributed by atoms with Gasteiger partial charge in [-0.2, -0.15) is 15.5 Å². The number of anilines is 1. The van der Waals surface area contributed by atoms with E-state index in [4.69, 9.17) is 10.5 Å². The number of nitrogens with one attached hydrogen (secondary N) is 1. The molecule has 1 saturated heterocycles. The van der Waals surface area contributed by atoms with Gasteiger partial charge in [-0.3, -0.25) is 0 Å². The van der Waals surface area contributed by atoms with Gasteiger partial charge < -0.3 is 15.0 Å². The van der Waals surface area contributed by atoms with Crippen LogP contribution in [0.2, 0.25) is 0 Å². The predicted molar refractivity (Wildman–Crippen MR) is 86.4 cm³/mol. The van der Waals surface area contributed by atoms with Crippen LogP contribution < -0.4 is 4.90 Å². The molecule has 1 fully saturated rings. The number of nitrogens with zero attached hydrogens (tertiary/aromatic N) is 6. The number of phenolic OH excluding ortho intramolecular Hbond substituents is 1. The Morgan fingerprint density at radius 2 is 1.92 bits per heavy atom. The fraction of sp³-hybridized carbons (Fsp3) is 0.312. The summed E-state index contributed by atoms with van der Waals surface area (Å²) in [6.45, 7) is 1.97. The molecule has 24 heavy (non-hydrogen) atoms. The summed E-state index contributed by atoms with van der Waals surface area (Å²) in [5.74, 6) is 0.0537. The molecule has 2 aromatic rings. The maximum atomic E-state index is 9.96. The normalized spacial score (nSPS) is 14.5. The number of phenols is 1. The Kier molecular flexibility index (Phi) is 4.39. The number of aromatic nitrogens is 2. The number of hydrogen-bond acceptors (Lipinski definition) is 7. The zero-order valence-corrected chi connectivity index (χ0v) is 12.9. The maximum absolute atomic E-state index is 9.96. The quantitative estimate of drug-likeness (QED) is 0.839. The number of piperidine rings is 1. The third-order valence-electron chi connectivity index (χ3n) is 3.84. The van der Waals surface area contributed by atoms with Crippen LogP contribution in [0.5, 0.6) is 5.75 Å². The van der Waals surface area contributed by atoms with Crippen LogP contribution in [0, 0.1) is 22.7 Å². The highest BCUT2D eigenvalue weighted by molar-refractivity contribution is 5.62. The summed E-state index contributed by atoms with van der Waals surface area (Å²) < 4.78 is 0. The number of benzene rings is 1. The van der Waals surface area contributed by atoms with Crippen molar-refractivity contribution in [3.8, 4) is 17.9 Å². The van der Waals surface area contributed by atoms with Crippen molar-refractivity contribution in [2.75, 3.05) is 18.0 Å². The van der Waals surface area contributed by atoms with Gasteiger partial charge in [-0.25, -0.2) is 0 Å². The van der Waals surface area contributed by atoms with Gasteiger partial charge in [-0.05, 0) is 37.5 Å². The van der Waals surface area contributed by atoms with Gasteiger partial charge in [0.2, 0.25) is 5.95 Å². The van der Waals surface area contributed by atoms with Crippen molar-refractivity contribution >= 4 is 17.3 Å². The van der Waals surface area contributed by atoms with Crippen molar-refractivity contribution in [1.29, 1.82) is 10.5 Å². The Labute approximate surface area is 138 Å². The Morgan fingerprint density at radius 3 is 2.58 bits per heavy atom. The van der Waals surface area contributed by atoms with Crippen LogP contribution in [-0.2, 0) is 0 Å². The first-order valence-electron chi connectivity index (χ1n) is 7.61. The van der Waals surface area contributed by atoms with Crippen molar-refractivity contribution in [3.05, 3.63) is 29.6 Å². The van der Waals surface area contributed by atoms with E-state index in [-0.39, 0.29) is 23.1 Å². The van der Waals surface area contributed by atoms with Crippen LogP contribution >= 0.6 is 0 Å². The average molecular weight is 321 g/mol. The highest BCUT2D eigenvalue weighted by atomic mass is 16.3. The van der Waals surface area contributed by atoms with Crippen LogP contribution in [0.25, 0.3) is 0 Å². The molecule has 0 aliphatic carbocycles. The molecule has 2 heterocycles. The Bertz CT molecular complexity index is 819. The van der Waals surface area contributed by atoms with E-state index in [0.717, 1.165) is 31.6 Å². The first-order chi connectivity index (χ1) is 11.7. The van der Waals surface area contributed by atoms with Gasteiger partial charge in [0, 0.05) is 18.8 Å². The van der Waals surface area contributed by atoms with Gasteiger partial charge in [0.15, 0.2) is 11.4 Å². The number of hydrogen-bond donors (Lipinski definition) is 2. The zero-order valence-electron chi connectivity index (χ0n) is 12.9. The van der Waals surface area contributed by atoms with Crippen LogP contribution in [-0.4, -0.2) is 28.2 Å². The largest absolute Gasteiger partial charge is 0.506 e. The maximum Gasteiger partial charge on any atom is 0.249 e. The molecule has 1 aliphatic heterocycles. The van der Waals surface area contributed by atoms with Gasteiger partial charge >= 0.3 is 0 Å². The van der Waals surface area contributed by atoms with Gasteiger partial charge in [-0.1, -0.05) is 0 Å². The zero-order chi connectivity index (χ0) is 16.9. The third-order valence-corrected chi connectivity index (χ3v) is 3.84. The molecule has 1 aromatic carbocycles. The Balaban J connectivity index is 1.85. The molecule has 0 atom stereocenters. The molecule has 0 amide bonds. The van der Waals surface area contributed by atoms with E-state index in [0.29, 0.717) is 5.69 Å². The fourth-order valence-electron chi connectivity index (χ4n) is 2.61. The smallest absolute Gasteiger partial charge is 0.249 e. The first-order valence-corrected chi connectivity index (χ1v) is 7.61. The lowest BCUT2D eigenvalue weighted by Crippen LogP contribution is -2.29. The molecule has 0 bridgehead atoms. The lowest BCUT2D eigenvalue weighted by molar-refractivity contribution is 0.476. The topological polar surface area (TPSA) is 124 Å². The highest BCUT2D eigenvalue weighted by Gasteiger charge is 2.13. The standard InChI is InChI=1S/C16H15N7O/c17-9-13-14(10-18)20-16(19-13)22-21-12-8-11(4-5-15(12)24)23-6-2-1-3-7-23/h4-5,8,24H,1-3,6-7H2,(H,19,20). The summed E-state index contributed by atoms with van der Waals surface area (Å²) in [4.78, 5) is 8.71. The number of imidazole rings is 1. The highest BCUT2D eigenvalue weighted by Crippen LogP contribution is 2.33. The summed E-state index contributed by atoms with van der Waals surface area (Å²) in [5.41, 5.74) is 1.30. The van der Waals surface area contributed by atoms with Crippen molar-refractivity contribution in [1.82, 2.24) is 9.97 Å². The summed E-state index contributed by atoms with van der Waals surface area (Å²) in [7, 11) is 0. The lowest BCUT2D eigenvalue weighted by Gasteiger charge is -2.28. The van der Waals surface area contributed by atoms with E-state index >= 15 is 0 Å². The third kappa shape index (κ3) is 3.18. The van der Waals surface area contributed by atoms with E-state index in [1.807, 2.05) is 12.1 Å². The van der Waals surface area contributed by atoms with E-state index in [9.17, 15) is 5.11 Å². The van der Waals surface area contributed by atoms with Gasteiger partial charge in [0.25, 0.3) is 0 Å². The van der Waals surface area contributed by atoms with Crippen LogP contribution in [0.3, 0.4) is 0 Å². The minimum atomic E-state index is -0.0299. The van der Waals surface area contributed by atoms with Gasteiger partial charge in [-0.15, -0.1) is 10.2 Å². The fourth-order valence-corrected chi connectivity index (χ4v) is 2.61. The molecule has 2 N–H and O–H groups in total. The molecule has 1 aromatic heterocycles. The summed E-state index contributed by atoms with van der Waals surface area (Å²) in [6, 6.07) is 8.84. The minimum Gasteiger partial charge on any atom is -0.506 e. The lowest BCUT2D eigenvalue weighted by atomic mass is 10.1. The van der Waals surface area contributed by atoms with E-state index in [1.165, 1.54) is 6.42 Å². The van der Waals surface area contributed by atoms with Crippen LogP contribution in [0.1, 0.15) is 30.7 Å². The van der Waals surface area contributed by atoms with Crippen molar-refractivity contribution < 1.29 is 5.11 Å². The Morgan fingerprint density at radius 1 is 1.12 bits per heavy atom. The number of aromatic amines is 1. The number of nitriles is 2. The van der Waals surface area contributed by atoms with Crippen molar-refractivity contribution in [2.24, 2.45) is 10.2 Å². The molecule has 3 rings (SSSR count). The average Bonchev–Trinajstić information content (AvgIpc) is 3.04. The molecular formula is C16H15N7O. The van der Waals surface area contributed by atoms with Crippen LogP contribution in [0.4, 0.5) is 17.3 Å². The SMILES string of the molecule is N#Cc1nc(N=Nc2cc(N3CCCCC3)ccc2O)[nH]c1C#N. The number of azo groups is 1. The van der Waals surface area contributed by atoms with E-state index in [1.54, 1.807) is 18.2 Å². The first kappa shape index (κ1) is 15.5. The second-order valence-electron chi connectivity index (χ2n) is 5.43. The Hall–Kier alpha value is -3.39. The number of aromatic hydroxyl groups is 1. The summed E-state index contributed by atoms with van der Waals surface area (Å²) in [5, 5.41) is 35.6. The van der Waals surface area contributed by atoms with Crippen molar-refractivity contribution in [3.63, 3.8) is 0 Å². The molecule has 120 valence electrons. The second kappa shape index (κ2) is 6.80. The van der Waals surface area contributed by atoms with E-state index in [2.05, 4.69) is 25.1 Å². The van der Waals surface area contributed by atoms with E-state index < -0.39 is 0 Å². The van der Waals surface area contributed by atoms with Gasteiger partial charge in [0.05, 0.1) is 0 Å². The number of rotatable bonds is 3. The molecule has 0 saturated carbocycles. The molecule has 0 spiro atoms. The van der Waals surface area contributed by atoms with Gasteiger partial charge in [0.1, 0.15) is 23.6 Å². The number of H-pyrrole nitrogens is 1. The molecule has 1 aliphatic rings. The predicted octanol–water partition coefficient (Wildman–Crippen LogP) is 3.26. The van der Waals surface area contributed by atoms with Crippen LogP contribution in [0.15, 0.2) is 28.4 Å². The molecular weight excluding hydrogens is 306 g/mol. The minimum absolute atomic E-state index is 0.00655. The molecule has 8 nitrogen and oxygen atoms in total. The molecule has 0 radical (unpaired) electrons. The van der Waals surface area contributed by atoms with Crippen molar-refractivity contribution in [2.45, 2.75) is 19.3 Å². The summed E-state index contributed by atoms with van der Waals surface area (Å²) in [6.07, 6.45) is 3.54. The molecule has 0 unspecified atom stereocenters. The molecule has 8 heteroatoms.